The van der Waals surface area contributed by atoms with Crippen LogP contribution < -0.4 is 5.32 Å². The fraction of sp³-hybridized carbons (Fsp3) is 0.682. The Kier molecular flexibility index (Phi) is 6.01. The lowest BCUT2D eigenvalue weighted by Gasteiger charge is -2.41. The van der Waals surface area contributed by atoms with E-state index in [9.17, 15) is 4.79 Å². The first-order chi connectivity index (χ1) is 13.5. The molecule has 3 rings (SSSR count). The molecule has 7 heteroatoms. The number of carbonyl (C=O) groups is 1. The minimum Gasteiger partial charge on any atom is -0.445 e. The molecular formula is C22H35N4O3+. The average Bonchev–Trinajstić information content (AvgIpc) is 3.28. The number of hydrogen-bond donors (Lipinski definition) is 1. The molecule has 1 fully saturated rings. The third kappa shape index (κ3) is 4.31. The van der Waals surface area contributed by atoms with Gasteiger partial charge in [0.05, 0.1) is 17.4 Å². The molecule has 0 radical (unpaired) electrons. The van der Waals surface area contributed by atoms with Crippen LogP contribution in [0.1, 0.15) is 52.2 Å². The number of nitrogens with one attached hydrogen (secondary N) is 1. The summed E-state index contributed by atoms with van der Waals surface area (Å²) >= 11 is 0. The summed E-state index contributed by atoms with van der Waals surface area (Å²) < 4.78 is 13.4. The van der Waals surface area contributed by atoms with Crippen molar-refractivity contribution in [2.24, 2.45) is 0 Å². The maximum Gasteiger partial charge on any atom is 0.244 e. The molecule has 1 aromatic heterocycles. The van der Waals surface area contributed by atoms with Gasteiger partial charge < -0.3 is 14.5 Å². The second kappa shape index (κ2) is 8.03. The molecule has 0 unspecified atom stereocenters. The smallest absolute Gasteiger partial charge is 0.244 e. The lowest BCUT2D eigenvalue weighted by molar-refractivity contribution is -0.487. The van der Waals surface area contributed by atoms with Crippen LogP contribution in [0.5, 0.6) is 0 Å². The molecule has 0 aromatic carbocycles. The van der Waals surface area contributed by atoms with Crippen LogP contribution in [-0.4, -0.2) is 71.5 Å². The van der Waals surface area contributed by atoms with Crippen molar-refractivity contribution in [2.75, 3.05) is 33.9 Å². The van der Waals surface area contributed by atoms with E-state index in [1.165, 1.54) is 0 Å². The standard InChI is InChI=1S/C22H34N4O3/c1-15-23-13-19(29-15)21(2,3)18-12-16(14-25(18)6)24-20(27)22(4,5)26(7)17-8-10-28-11-9-17/h12-13,17H,8-11,14H2,1-7H3/p+1. The number of hydrogen-bond acceptors (Lipinski definition) is 5. The van der Waals surface area contributed by atoms with E-state index in [-0.39, 0.29) is 11.3 Å². The molecule has 3 heterocycles. The summed E-state index contributed by atoms with van der Waals surface area (Å²) in [7, 11) is 4.08. The van der Waals surface area contributed by atoms with Crippen molar-refractivity contribution in [3.05, 3.63) is 29.6 Å². The molecule has 1 N–H and O–H groups in total. The monoisotopic (exact) mass is 403 g/mol. The van der Waals surface area contributed by atoms with E-state index in [2.05, 4.69) is 39.7 Å². The van der Waals surface area contributed by atoms with Crippen molar-refractivity contribution < 1.29 is 18.5 Å². The number of oxazole rings is 1. The number of rotatable bonds is 6. The zero-order chi connectivity index (χ0) is 21.4. The molecular weight excluding hydrogens is 368 g/mol. The summed E-state index contributed by atoms with van der Waals surface area (Å²) in [5, 5.41) is 3.17. The number of amides is 1. The zero-order valence-corrected chi connectivity index (χ0v) is 18.8. The topological polar surface area (TPSA) is 70.6 Å². The molecule has 2 aliphatic heterocycles. The van der Waals surface area contributed by atoms with Crippen LogP contribution in [0.2, 0.25) is 0 Å². The first kappa shape index (κ1) is 21.7. The van der Waals surface area contributed by atoms with Gasteiger partial charge in [-0.15, -0.1) is 0 Å². The Bertz CT molecular complexity index is 829. The van der Waals surface area contributed by atoms with Crippen molar-refractivity contribution in [1.29, 1.82) is 0 Å². The van der Waals surface area contributed by atoms with E-state index in [1.54, 1.807) is 6.20 Å². The van der Waals surface area contributed by atoms with E-state index in [0.717, 1.165) is 43.2 Å². The van der Waals surface area contributed by atoms with Crippen molar-refractivity contribution in [3.63, 3.8) is 0 Å². The third-order valence-corrected chi connectivity index (χ3v) is 6.46. The molecule has 7 nitrogen and oxygen atoms in total. The van der Waals surface area contributed by atoms with Crippen LogP contribution in [-0.2, 0) is 14.9 Å². The fourth-order valence-corrected chi connectivity index (χ4v) is 4.16. The Balaban J connectivity index is 1.72. The summed E-state index contributed by atoms with van der Waals surface area (Å²) in [4.78, 5) is 19.6. The first-order valence-electron chi connectivity index (χ1n) is 10.4. The highest BCUT2D eigenvalue weighted by Gasteiger charge is 2.41. The summed E-state index contributed by atoms with van der Waals surface area (Å²) in [6.07, 6.45) is 5.77. The number of ether oxygens (including phenoxy) is 1. The highest BCUT2D eigenvalue weighted by molar-refractivity contribution is 6.01. The van der Waals surface area contributed by atoms with Gasteiger partial charge in [0.2, 0.25) is 5.91 Å². The van der Waals surface area contributed by atoms with Gasteiger partial charge in [0, 0.05) is 32.3 Å². The number of aromatic nitrogens is 1. The van der Waals surface area contributed by atoms with Crippen LogP contribution in [0.4, 0.5) is 0 Å². The predicted molar refractivity (Wildman–Crippen MR) is 112 cm³/mol. The molecule has 0 saturated carbocycles. The second-order valence-electron chi connectivity index (χ2n) is 9.25. The van der Waals surface area contributed by atoms with Crippen LogP contribution in [0.15, 0.2) is 22.4 Å². The molecule has 0 aliphatic carbocycles. The van der Waals surface area contributed by atoms with Gasteiger partial charge in [0.1, 0.15) is 18.2 Å². The van der Waals surface area contributed by atoms with Crippen molar-refractivity contribution in [2.45, 2.75) is 64.5 Å². The fourth-order valence-electron chi connectivity index (χ4n) is 4.16. The van der Waals surface area contributed by atoms with Gasteiger partial charge >= 0.3 is 0 Å². The van der Waals surface area contributed by atoms with Crippen molar-refractivity contribution in [1.82, 2.24) is 15.2 Å². The average molecular weight is 404 g/mol. The molecule has 29 heavy (non-hydrogen) atoms. The number of likely N-dealkylation sites (N-methyl/N-ethyl adjacent to an activating group) is 2. The molecule has 0 spiro atoms. The van der Waals surface area contributed by atoms with Gasteiger partial charge in [0.25, 0.3) is 0 Å². The Labute approximate surface area is 173 Å². The van der Waals surface area contributed by atoms with Crippen molar-refractivity contribution in [3.8, 4) is 0 Å². The predicted octanol–water partition coefficient (Wildman–Crippen LogP) is 2.25. The van der Waals surface area contributed by atoms with Gasteiger partial charge in [-0.2, -0.15) is 0 Å². The summed E-state index contributed by atoms with van der Waals surface area (Å²) in [5.74, 6) is 1.49. The zero-order valence-electron chi connectivity index (χ0n) is 18.8. The first-order valence-corrected chi connectivity index (χ1v) is 10.4. The minimum absolute atomic E-state index is 0.0145. The normalized spacial score (nSPS) is 19.1. The molecule has 0 atom stereocenters. The Hall–Kier alpha value is -1.99. The molecule has 1 amide bonds. The minimum atomic E-state index is -0.609. The largest absolute Gasteiger partial charge is 0.445 e. The number of allylic oxidation sites excluding steroid dienone is 1. The van der Waals surface area contributed by atoms with Crippen LogP contribution in [0, 0.1) is 6.92 Å². The van der Waals surface area contributed by atoms with Crippen LogP contribution in [0.25, 0.3) is 0 Å². The Morgan fingerprint density at radius 1 is 1.28 bits per heavy atom. The van der Waals surface area contributed by atoms with E-state index >= 15 is 0 Å². The van der Waals surface area contributed by atoms with Gasteiger partial charge in [-0.25, -0.2) is 9.56 Å². The lowest BCUT2D eigenvalue weighted by atomic mass is 9.85. The summed E-state index contributed by atoms with van der Waals surface area (Å²) in [5.41, 5.74) is 1.06. The van der Waals surface area contributed by atoms with Crippen LogP contribution >= 0.6 is 0 Å². The van der Waals surface area contributed by atoms with Gasteiger partial charge in [0.15, 0.2) is 18.1 Å². The highest BCUT2D eigenvalue weighted by Crippen LogP contribution is 2.29. The van der Waals surface area contributed by atoms with E-state index < -0.39 is 5.54 Å². The number of nitrogens with zero attached hydrogens (tertiary/aromatic N) is 3. The van der Waals surface area contributed by atoms with Crippen molar-refractivity contribution >= 4 is 11.6 Å². The van der Waals surface area contributed by atoms with E-state index in [0.29, 0.717) is 18.5 Å². The maximum atomic E-state index is 13.2. The SMILES string of the molecule is Cc1ncc(C(C)(C)C2=[N+](C)CC(NC(=O)C(C)(C)N(C)C3CCOCC3)=C2)o1. The molecule has 1 aromatic rings. The number of carbonyl (C=O) groups excluding carboxylic acids is 1. The van der Waals surface area contributed by atoms with Gasteiger partial charge in [-0.1, -0.05) is 0 Å². The molecule has 0 bridgehead atoms. The summed E-state index contributed by atoms with van der Waals surface area (Å²) in [6.45, 7) is 12.2. The third-order valence-electron chi connectivity index (χ3n) is 6.46. The Morgan fingerprint density at radius 2 is 1.93 bits per heavy atom. The quantitative estimate of drug-likeness (QED) is 0.738. The lowest BCUT2D eigenvalue weighted by Crippen LogP contribution is -2.57. The number of aryl methyl sites for hydroxylation is 1. The molecule has 2 aliphatic rings. The second-order valence-corrected chi connectivity index (χ2v) is 9.25. The van der Waals surface area contributed by atoms with Gasteiger partial charge in [-0.3, -0.25) is 9.69 Å². The molecule has 1 saturated heterocycles. The van der Waals surface area contributed by atoms with Crippen LogP contribution in [0.3, 0.4) is 0 Å². The van der Waals surface area contributed by atoms with E-state index in [4.69, 9.17) is 9.15 Å². The summed E-state index contributed by atoms with van der Waals surface area (Å²) in [6, 6.07) is 0.362. The van der Waals surface area contributed by atoms with E-state index in [1.807, 2.05) is 34.9 Å². The molecule has 160 valence electrons. The Morgan fingerprint density at radius 3 is 2.52 bits per heavy atom. The van der Waals surface area contributed by atoms with Gasteiger partial charge in [-0.05, 0) is 47.6 Å². The highest BCUT2D eigenvalue weighted by atomic mass is 16.5. The maximum absolute atomic E-state index is 13.2.